The number of carbonyl (C=O) groups is 1. The topological polar surface area (TPSA) is 87.0 Å². The van der Waals surface area contributed by atoms with Crippen molar-refractivity contribution >= 4 is 5.97 Å². The molecule has 144 valence electrons. The smallest absolute Gasteiger partial charge is 0.330 e. The zero-order chi connectivity index (χ0) is 19.2. The van der Waals surface area contributed by atoms with E-state index >= 15 is 0 Å². The summed E-state index contributed by atoms with van der Waals surface area (Å²) in [7, 11) is 0. The van der Waals surface area contributed by atoms with Crippen LogP contribution in [-0.4, -0.2) is 41.1 Å². The Morgan fingerprint density at radius 2 is 1.52 bits per heavy atom. The van der Waals surface area contributed by atoms with Gasteiger partial charge in [-0.3, -0.25) is 0 Å². The van der Waals surface area contributed by atoms with Crippen LogP contribution in [0.25, 0.3) is 0 Å². The number of benzene rings is 1. The van der Waals surface area contributed by atoms with E-state index in [2.05, 4.69) is 13.5 Å². The highest BCUT2D eigenvalue weighted by Gasteiger charge is 1.95. The number of unbranched alkanes of at least 4 members (excludes halogenated alkanes) is 6. The Hall–Kier alpha value is -1.85. The lowest BCUT2D eigenvalue weighted by Gasteiger charge is -2.01. The summed E-state index contributed by atoms with van der Waals surface area (Å²) in [6, 6.07) is 8.71. The first-order chi connectivity index (χ1) is 12.1. The van der Waals surface area contributed by atoms with Gasteiger partial charge in [0.2, 0.25) is 0 Å². The van der Waals surface area contributed by atoms with Crippen LogP contribution >= 0.6 is 0 Å². The van der Waals surface area contributed by atoms with E-state index < -0.39 is 0 Å². The highest BCUT2D eigenvalue weighted by Crippen LogP contribution is 2.06. The lowest BCUT2D eigenvalue weighted by Crippen LogP contribution is -2.01. The maximum atomic E-state index is 10.6. The van der Waals surface area contributed by atoms with Crippen LogP contribution in [0.4, 0.5) is 0 Å². The molecule has 0 aliphatic heterocycles. The van der Waals surface area contributed by atoms with Gasteiger partial charge in [0.15, 0.2) is 0 Å². The van der Waals surface area contributed by atoms with Crippen molar-refractivity contribution in [2.24, 2.45) is 0 Å². The SMILES string of the molecule is C=CC(=O)OCCCCCCCCC.OCCO.Oc1ccccc1. The van der Waals surface area contributed by atoms with E-state index in [-0.39, 0.29) is 19.2 Å². The normalized spacial score (nSPS) is 9.08. The van der Waals surface area contributed by atoms with E-state index in [0.29, 0.717) is 12.4 Å². The number of aromatic hydroxyl groups is 1. The molecule has 0 amide bonds. The number of aliphatic hydroxyl groups is 2. The third-order valence-corrected chi connectivity index (χ3v) is 3.02. The van der Waals surface area contributed by atoms with Gasteiger partial charge in [-0.05, 0) is 18.6 Å². The van der Waals surface area contributed by atoms with Crippen LogP contribution in [0.3, 0.4) is 0 Å². The monoisotopic (exact) mass is 354 g/mol. The van der Waals surface area contributed by atoms with E-state index in [1.165, 1.54) is 38.2 Å². The van der Waals surface area contributed by atoms with E-state index in [0.717, 1.165) is 12.8 Å². The number of phenols is 1. The van der Waals surface area contributed by atoms with Gasteiger partial charge in [0.25, 0.3) is 0 Å². The maximum Gasteiger partial charge on any atom is 0.330 e. The lowest BCUT2D eigenvalue weighted by molar-refractivity contribution is -0.137. The zero-order valence-electron chi connectivity index (χ0n) is 15.4. The minimum Gasteiger partial charge on any atom is -0.508 e. The fourth-order valence-electron chi connectivity index (χ4n) is 1.72. The minimum absolute atomic E-state index is 0.125. The molecule has 3 N–H and O–H groups in total. The Morgan fingerprint density at radius 1 is 1.00 bits per heavy atom. The number of rotatable bonds is 10. The standard InChI is InChI=1S/C12H22O2.C6H6O.C2H6O2/c1-3-5-6-7-8-9-10-11-14-12(13)4-2;7-6-4-2-1-3-5-6;3-1-2-4/h4H,2-3,5-11H2,1H3;1-5,7H;3-4H,1-2H2. The molecule has 0 radical (unpaired) electrons. The molecular formula is C20H34O5. The van der Waals surface area contributed by atoms with Crippen LogP contribution in [-0.2, 0) is 9.53 Å². The summed E-state index contributed by atoms with van der Waals surface area (Å²) in [6.07, 6.45) is 9.88. The molecule has 1 rings (SSSR count). The van der Waals surface area contributed by atoms with Crippen LogP contribution in [0.1, 0.15) is 51.9 Å². The first-order valence-corrected chi connectivity index (χ1v) is 8.87. The molecule has 5 nitrogen and oxygen atoms in total. The molecule has 0 aromatic heterocycles. The molecule has 0 spiro atoms. The first-order valence-electron chi connectivity index (χ1n) is 8.87. The van der Waals surface area contributed by atoms with Gasteiger partial charge in [-0.1, -0.05) is 70.2 Å². The van der Waals surface area contributed by atoms with Crippen LogP contribution in [0.2, 0.25) is 0 Å². The van der Waals surface area contributed by atoms with Gasteiger partial charge in [0.1, 0.15) is 5.75 Å². The van der Waals surface area contributed by atoms with E-state index in [1.54, 1.807) is 24.3 Å². The lowest BCUT2D eigenvalue weighted by atomic mass is 10.1. The van der Waals surface area contributed by atoms with Gasteiger partial charge in [-0.25, -0.2) is 4.79 Å². The Balaban J connectivity index is 0. The van der Waals surface area contributed by atoms with Crippen molar-refractivity contribution in [3.63, 3.8) is 0 Å². The third kappa shape index (κ3) is 24.5. The van der Waals surface area contributed by atoms with Gasteiger partial charge < -0.3 is 20.1 Å². The molecule has 1 aromatic carbocycles. The van der Waals surface area contributed by atoms with Gasteiger partial charge in [0.05, 0.1) is 19.8 Å². The number of hydrogen-bond acceptors (Lipinski definition) is 5. The van der Waals surface area contributed by atoms with E-state index in [4.69, 9.17) is 20.1 Å². The number of phenolic OH excluding ortho intramolecular Hbond substituents is 1. The second kappa shape index (κ2) is 22.1. The fraction of sp³-hybridized carbons (Fsp3) is 0.550. The summed E-state index contributed by atoms with van der Waals surface area (Å²) in [4.78, 5) is 10.6. The molecule has 25 heavy (non-hydrogen) atoms. The number of carbonyl (C=O) groups excluding carboxylic acids is 1. The number of esters is 1. The van der Waals surface area contributed by atoms with Crippen molar-refractivity contribution in [3.8, 4) is 5.75 Å². The quantitative estimate of drug-likeness (QED) is 0.338. The maximum absolute atomic E-state index is 10.6. The van der Waals surface area contributed by atoms with Crippen molar-refractivity contribution in [2.45, 2.75) is 51.9 Å². The summed E-state index contributed by atoms with van der Waals surface area (Å²) >= 11 is 0. The van der Waals surface area contributed by atoms with Crippen molar-refractivity contribution in [1.82, 2.24) is 0 Å². The summed E-state index contributed by atoms with van der Waals surface area (Å²) in [5.41, 5.74) is 0. The van der Waals surface area contributed by atoms with Crippen molar-refractivity contribution in [3.05, 3.63) is 43.0 Å². The molecule has 0 atom stereocenters. The summed E-state index contributed by atoms with van der Waals surface area (Å²) < 4.78 is 4.86. The second-order valence-corrected chi connectivity index (χ2v) is 5.28. The van der Waals surface area contributed by atoms with Crippen molar-refractivity contribution < 1.29 is 24.9 Å². The number of aliphatic hydroxyl groups excluding tert-OH is 2. The summed E-state index contributed by atoms with van der Waals surface area (Å²) in [5, 5.41) is 23.9. The highest BCUT2D eigenvalue weighted by molar-refractivity contribution is 5.81. The van der Waals surface area contributed by atoms with Crippen molar-refractivity contribution in [1.29, 1.82) is 0 Å². The molecule has 0 fully saturated rings. The van der Waals surface area contributed by atoms with Gasteiger partial charge in [-0.2, -0.15) is 0 Å². The Kier molecular flexibility index (Phi) is 22.5. The van der Waals surface area contributed by atoms with Crippen LogP contribution in [0.15, 0.2) is 43.0 Å². The number of ether oxygens (including phenoxy) is 1. The number of hydrogen-bond donors (Lipinski definition) is 3. The Labute approximate surface area is 152 Å². The van der Waals surface area contributed by atoms with Crippen LogP contribution in [0.5, 0.6) is 5.75 Å². The Bertz CT molecular complexity index is 390. The van der Waals surface area contributed by atoms with Crippen molar-refractivity contribution in [2.75, 3.05) is 19.8 Å². The van der Waals surface area contributed by atoms with Gasteiger partial charge in [0, 0.05) is 6.08 Å². The molecule has 0 bridgehead atoms. The van der Waals surface area contributed by atoms with Crippen LogP contribution < -0.4 is 0 Å². The average Bonchev–Trinajstić information content (AvgIpc) is 2.65. The first kappa shape index (κ1) is 25.4. The van der Waals surface area contributed by atoms with E-state index in [1.807, 2.05) is 6.07 Å². The highest BCUT2D eigenvalue weighted by atomic mass is 16.5. The fourth-order valence-corrected chi connectivity index (χ4v) is 1.72. The largest absolute Gasteiger partial charge is 0.508 e. The second-order valence-electron chi connectivity index (χ2n) is 5.28. The van der Waals surface area contributed by atoms with Gasteiger partial charge in [-0.15, -0.1) is 0 Å². The zero-order valence-corrected chi connectivity index (χ0v) is 15.4. The minimum atomic E-state index is -0.309. The predicted molar refractivity (Wildman–Crippen MR) is 101 cm³/mol. The molecule has 0 unspecified atom stereocenters. The summed E-state index contributed by atoms with van der Waals surface area (Å²) in [6.45, 7) is 5.84. The predicted octanol–water partition coefficient (Wildman–Crippen LogP) is 3.83. The molecule has 0 aliphatic carbocycles. The number of para-hydroxylation sites is 1. The molecular weight excluding hydrogens is 320 g/mol. The average molecular weight is 354 g/mol. The third-order valence-electron chi connectivity index (χ3n) is 3.02. The molecule has 5 heteroatoms. The molecule has 0 aliphatic rings. The molecule has 0 saturated heterocycles. The Morgan fingerprint density at radius 3 is 1.92 bits per heavy atom. The molecule has 0 heterocycles. The summed E-state index contributed by atoms with van der Waals surface area (Å²) in [5.74, 6) is 0.0125. The van der Waals surface area contributed by atoms with Crippen LogP contribution in [0, 0.1) is 0 Å². The molecule has 0 saturated carbocycles. The molecule has 1 aromatic rings. The van der Waals surface area contributed by atoms with E-state index in [9.17, 15) is 4.79 Å². The van der Waals surface area contributed by atoms with Gasteiger partial charge >= 0.3 is 5.97 Å².